The number of benzene rings is 10. The standard InChI is InChI=1S/C63H40N4O/c1-4-14-41(15-5-1)44-26-28-46(29-27-44)61-64-62(50-23-13-22-49(37-50)43-18-8-3-9-19-43)66-63(65-61)51-32-35-59-55(38-51)56-39-54-53-24-10-11-25-57(53)67(58(54)40-60(56)68-59)52-33-30-45(31-34-52)48-21-12-20-47(36-48)42-16-6-2-7-17-42/h1-40H. The van der Waals surface area contributed by atoms with Gasteiger partial charge in [0.15, 0.2) is 17.5 Å². The van der Waals surface area contributed by atoms with E-state index in [9.17, 15) is 0 Å². The fraction of sp³-hybridized carbons (Fsp3) is 0. The van der Waals surface area contributed by atoms with E-state index in [2.05, 4.69) is 229 Å². The van der Waals surface area contributed by atoms with Crippen LogP contribution in [0, 0.1) is 0 Å². The fourth-order valence-electron chi connectivity index (χ4n) is 9.64. The molecule has 0 aliphatic rings. The number of hydrogen-bond donors (Lipinski definition) is 0. The molecular formula is C63H40N4O. The summed E-state index contributed by atoms with van der Waals surface area (Å²) < 4.78 is 9.03. The zero-order chi connectivity index (χ0) is 45.0. The van der Waals surface area contributed by atoms with Gasteiger partial charge in [-0.1, -0.05) is 182 Å². The van der Waals surface area contributed by atoms with E-state index in [-0.39, 0.29) is 0 Å². The number of fused-ring (bicyclic) bond motifs is 6. The van der Waals surface area contributed by atoms with E-state index in [0.717, 1.165) is 83.0 Å². The van der Waals surface area contributed by atoms with Crippen molar-refractivity contribution in [2.75, 3.05) is 0 Å². The predicted molar refractivity (Wildman–Crippen MR) is 279 cm³/mol. The first kappa shape index (κ1) is 39.2. The summed E-state index contributed by atoms with van der Waals surface area (Å²) in [5, 5.41) is 4.37. The molecule has 318 valence electrons. The Labute approximate surface area is 392 Å². The number of rotatable bonds is 8. The highest BCUT2D eigenvalue weighted by atomic mass is 16.3. The molecule has 3 heterocycles. The third-order valence-corrected chi connectivity index (χ3v) is 13.1. The molecule has 0 saturated carbocycles. The van der Waals surface area contributed by atoms with Gasteiger partial charge in [-0.25, -0.2) is 15.0 Å². The molecule has 0 bridgehead atoms. The lowest BCUT2D eigenvalue weighted by Gasteiger charge is -2.10. The van der Waals surface area contributed by atoms with E-state index >= 15 is 0 Å². The van der Waals surface area contributed by atoms with Gasteiger partial charge in [-0.15, -0.1) is 0 Å². The number of hydrogen-bond acceptors (Lipinski definition) is 4. The van der Waals surface area contributed by atoms with Crippen molar-refractivity contribution in [3.05, 3.63) is 243 Å². The van der Waals surface area contributed by atoms with Gasteiger partial charge in [0.1, 0.15) is 11.2 Å². The average molecular weight is 869 g/mol. The largest absolute Gasteiger partial charge is 0.456 e. The van der Waals surface area contributed by atoms with Crippen molar-refractivity contribution >= 4 is 43.7 Å². The monoisotopic (exact) mass is 868 g/mol. The number of aromatic nitrogens is 4. The van der Waals surface area contributed by atoms with Gasteiger partial charge >= 0.3 is 0 Å². The van der Waals surface area contributed by atoms with Crippen molar-refractivity contribution < 1.29 is 4.42 Å². The summed E-state index contributed by atoms with van der Waals surface area (Å²) in [4.78, 5) is 15.5. The molecule has 0 spiro atoms. The van der Waals surface area contributed by atoms with Gasteiger partial charge in [0, 0.05) is 50.0 Å². The summed E-state index contributed by atoms with van der Waals surface area (Å²) in [6.45, 7) is 0. The first-order chi connectivity index (χ1) is 33.7. The predicted octanol–water partition coefficient (Wildman–Crippen LogP) is 16.5. The molecule has 10 aromatic carbocycles. The minimum Gasteiger partial charge on any atom is -0.456 e. The molecule has 3 aromatic heterocycles. The molecule has 0 saturated heterocycles. The van der Waals surface area contributed by atoms with E-state index in [1.54, 1.807) is 0 Å². The Morgan fingerprint density at radius 1 is 0.250 bits per heavy atom. The normalized spacial score (nSPS) is 11.5. The first-order valence-electron chi connectivity index (χ1n) is 22.9. The van der Waals surface area contributed by atoms with E-state index < -0.39 is 0 Å². The van der Waals surface area contributed by atoms with Crippen LogP contribution in [0.25, 0.3) is 128 Å². The van der Waals surface area contributed by atoms with Crippen LogP contribution in [-0.2, 0) is 0 Å². The van der Waals surface area contributed by atoms with Crippen molar-refractivity contribution in [2.45, 2.75) is 0 Å². The number of furan rings is 1. The molecule has 5 heteroatoms. The molecule has 13 rings (SSSR count). The van der Waals surface area contributed by atoms with E-state index in [1.807, 2.05) is 18.2 Å². The molecule has 5 nitrogen and oxygen atoms in total. The third-order valence-electron chi connectivity index (χ3n) is 13.1. The van der Waals surface area contributed by atoms with Crippen LogP contribution < -0.4 is 0 Å². The van der Waals surface area contributed by atoms with Gasteiger partial charge in [-0.2, -0.15) is 0 Å². The van der Waals surface area contributed by atoms with Crippen molar-refractivity contribution in [3.8, 4) is 84.4 Å². The van der Waals surface area contributed by atoms with Crippen LogP contribution in [0.5, 0.6) is 0 Å². The highest BCUT2D eigenvalue weighted by molar-refractivity contribution is 6.17. The van der Waals surface area contributed by atoms with Crippen LogP contribution in [0.2, 0.25) is 0 Å². The maximum absolute atomic E-state index is 6.69. The van der Waals surface area contributed by atoms with Crippen LogP contribution in [0.15, 0.2) is 247 Å². The van der Waals surface area contributed by atoms with Crippen LogP contribution in [0.1, 0.15) is 0 Å². The van der Waals surface area contributed by atoms with E-state index in [0.29, 0.717) is 17.5 Å². The Kier molecular flexibility index (Phi) is 9.43. The van der Waals surface area contributed by atoms with Gasteiger partial charge < -0.3 is 8.98 Å². The SMILES string of the molecule is c1ccc(-c2ccc(-c3nc(-c4cccc(-c5ccccc5)c4)nc(-c4ccc5oc6cc7c(cc6c5c4)c4ccccc4n7-c4ccc(-c5cccc(-c6ccccc6)c5)cc4)n3)cc2)cc1. The van der Waals surface area contributed by atoms with Gasteiger partial charge in [-0.05, 0) is 99.1 Å². The molecular weight excluding hydrogens is 829 g/mol. The van der Waals surface area contributed by atoms with Crippen molar-refractivity contribution in [3.63, 3.8) is 0 Å². The smallest absolute Gasteiger partial charge is 0.164 e. The second kappa shape index (κ2) is 16.4. The van der Waals surface area contributed by atoms with E-state index in [1.165, 1.54) is 27.6 Å². The summed E-state index contributed by atoms with van der Waals surface area (Å²) in [7, 11) is 0. The average Bonchev–Trinajstić information content (AvgIpc) is 3.95. The minimum absolute atomic E-state index is 0.589. The Hall–Kier alpha value is -9.19. The molecule has 0 radical (unpaired) electrons. The minimum atomic E-state index is 0.589. The maximum Gasteiger partial charge on any atom is 0.164 e. The summed E-state index contributed by atoms with van der Waals surface area (Å²) in [6, 6.07) is 85.2. The molecule has 0 atom stereocenters. The number of para-hydroxylation sites is 1. The highest BCUT2D eigenvalue weighted by Gasteiger charge is 2.19. The van der Waals surface area contributed by atoms with Gasteiger partial charge in [0.25, 0.3) is 0 Å². The second-order valence-electron chi connectivity index (χ2n) is 17.2. The lowest BCUT2D eigenvalue weighted by molar-refractivity contribution is 0.669. The molecule has 0 aliphatic carbocycles. The quantitative estimate of drug-likeness (QED) is 0.153. The highest BCUT2D eigenvalue weighted by Crippen LogP contribution is 2.40. The zero-order valence-corrected chi connectivity index (χ0v) is 36.8. The maximum atomic E-state index is 6.69. The summed E-state index contributed by atoms with van der Waals surface area (Å²) >= 11 is 0. The summed E-state index contributed by atoms with van der Waals surface area (Å²) in [5.41, 5.74) is 16.9. The lowest BCUT2D eigenvalue weighted by Crippen LogP contribution is -2.00. The van der Waals surface area contributed by atoms with Gasteiger partial charge in [0.2, 0.25) is 0 Å². The van der Waals surface area contributed by atoms with E-state index in [4.69, 9.17) is 19.4 Å². The Balaban J connectivity index is 0.914. The fourth-order valence-corrected chi connectivity index (χ4v) is 9.64. The molecule has 0 N–H and O–H groups in total. The van der Waals surface area contributed by atoms with Crippen molar-refractivity contribution in [1.29, 1.82) is 0 Å². The zero-order valence-electron chi connectivity index (χ0n) is 36.8. The molecule has 0 fully saturated rings. The lowest BCUT2D eigenvalue weighted by atomic mass is 9.99. The van der Waals surface area contributed by atoms with Crippen molar-refractivity contribution in [1.82, 2.24) is 19.5 Å². The molecule has 0 amide bonds. The third kappa shape index (κ3) is 7.02. The van der Waals surface area contributed by atoms with Crippen LogP contribution in [0.3, 0.4) is 0 Å². The summed E-state index contributed by atoms with van der Waals surface area (Å²) in [6.07, 6.45) is 0. The van der Waals surface area contributed by atoms with Crippen LogP contribution >= 0.6 is 0 Å². The second-order valence-corrected chi connectivity index (χ2v) is 17.2. The molecule has 0 aliphatic heterocycles. The Morgan fingerprint density at radius 2 is 0.676 bits per heavy atom. The first-order valence-corrected chi connectivity index (χ1v) is 22.9. The van der Waals surface area contributed by atoms with Gasteiger partial charge in [0.05, 0.1) is 11.0 Å². The number of nitrogens with zero attached hydrogens (tertiary/aromatic N) is 4. The molecule has 68 heavy (non-hydrogen) atoms. The molecule has 13 aromatic rings. The summed E-state index contributed by atoms with van der Waals surface area (Å²) in [5.74, 6) is 1.80. The Morgan fingerprint density at radius 3 is 1.31 bits per heavy atom. The molecule has 0 unspecified atom stereocenters. The van der Waals surface area contributed by atoms with Gasteiger partial charge in [-0.3, -0.25) is 0 Å². The van der Waals surface area contributed by atoms with Crippen LogP contribution in [0.4, 0.5) is 0 Å². The van der Waals surface area contributed by atoms with Crippen LogP contribution in [-0.4, -0.2) is 19.5 Å². The van der Waals surface area contributed by atoms with Crippen molar-refractivity contribution in [2.24, 2.45) is 0 Å². The topological polar surface area (TPSA) is 56.7 Å². The Bertz CT molecular complexity index is 3990.